The number of aliphatic hydroxyl groups excluding tert-OH is 1. The Balaban J connectivity index is 2.94. The highest BCUT2D eigenvalue weighted by molar-refractivity contribution is 5.94. The number of benzene rings is 1. The average molecular weight is 479 g/mol. The molecule has 0 heterocycles. The Morgan fingerprint density at radius 2 is 1.41 bits per heavy atom. The fourth-order valence-electron chi connectivity index (χ4n) is 3.26. The van der Waals surface area contributed by atoms with Crippen LogP contribution in [0, 0.1) is 11.8 Å². The molecular weight excluding hydrogens is 440 g/mol. The smallest absolute Gasteiger partial charge is 0.326 e. The number of hydrogen-bond donors (Lipinski definition) is 6. The van der Waals surface area contributed by atoms with Crippen LogP contribution in [0.2, 0.25) is 0 Å². The Hall–Kier alpha value is -2.98. The van der Waals surface area contributed by atoms with Crippen molar-refractivity contribution in [3.63, 3.8) is 0 Å². The maximum Gasteiger partial charge on any atom is 0.326 e. The number of aliphatic hydroxyl groups is 1. The van der Waals surface area contributed by atoms with Gasteiger partial charge in [0.25, 0.3) is 0 Å². The number of carbonyl (C=O) groups is 4. The second-order valence-corrected chi connectivity index (χ2v) is 8.96. The van der Waals surface area contributed by atoms with Crippen molar-refractivity contribution in [1.29, 1.82) is 0 Å². The Morgan fingerprint density at radius 1 is 0.882 bits per heavy atom. The molecule has 34 heavy (non-hydrogen) atoms. The summed E-state index contributed by atoms with van der Waals surface area (Å²) in [5.41, 5.74) is 6.65. The molecule has 0 aliphatic heterocycles. The number of amides is 3. The Kier molecular flexibility index (Phi) is 11.7. The average Bonchev–Trinajstić information content (AvgIpc) is 2.79. The number of hydrogen-bond acceptors (Lipinski definition) is 6. The highest BCUT2D eigenvalue weighted by Crippen LogP contribution is 2.09. The lowest BCUT2D eigenvalue weighted by Gasteiger charge is -2.28. The Bertz CT molecular complexity index is 830. The maximum atomic E-state index is 12.9. The van der Waals surface area contributed by atoms with Crippen LogP contribution in [-0.4, -0.2) is 64.2 Å². The molecule has 0 aliphatic rings. The van der Waals surface area contributed by atoms with Gasteiger partial charge in [0, 0.05) is 6.42 Å². The minimum atomic E-state index is -1.34. The number of nitrogens with two attached hydrogens (primary N) is 1. The predicted octanol–water partition coefficient (Wildman–Crippen LogP) is 0.178. The standard InChI is InChI=1S/C24H38N4O6/c1-6-14(4)18(25)21(30)28-20(15(5)29)23(32)27-19(13(2)3)22(31)26-17(24(33)34)12-16-10-8-7-9-11-16/h7-11,13-15,17-20,29H,6,12,25H2,1-5H3,(H,26,31)(H,27,32)(H,28,30)(H,33,34). The van der Waals surface area contributed by atoms with Crippen molar-refractivity contribution in [3.05, 3.63) is 35.9 Å². The van der Waals surface area contributed by atoms with E-state index < -0.39 is 59.9 Å². The van der Waals surface area contributed by atoms with Crippen LogP contribution in [0.25, 0.3) is 0 Å². The van der Waals surface area contributed by atoms with Crippen LogP contribution in [0.5, 0.6) is 0 Å². The third kappa shape index (κ3) is 8.75. The predicted molar refractivity (Wildman–Crippen MR) is 128 cm³/mol. The number of rotatable bonds is 13. The van der Waals surface area contributed by atoms with Gasteiger partial charge in [-0.1, -0.05) is 64.4 Å². The van der Waals surface area contributed by atoms with Crippen molar-refractivity contribution in [2.45, 2.75) is 77.7 Å². The van der Waals surface area contributed by atoms with E-state index in [-0.39, 0.29) is 12.3 Å². The second-order valence-electron chi connectivity index (χ2n) is 8.96. The summed E-state index contributed by atoms with van der Waals surface area (Å²) in [4.78, 5) is 50.0. The third-order valence-corrected chi connectivity index (χ3v) is 5.77. The van der Waals surface area contributed by atoms with Gasteiger partial charge in [0.05, 0.1) is 12.1 Å². The lowest BCUT2D eigenvalue weighted by molar-refractivity contribution is -0.142. The first-order chi connectivity index (χ1) is 15.9. The molecule has 0 saturated carbocycles. The van der Waals surface area contributed by atoms with Crippen molar-refractivity contribution in [1.82, 2.24) is 16.0 Å². The summed E-state index contributed by atoms with van der Waals surface area (Å²) >= 11 is 0. The number of nitrogens with one attached hydrogen (secondary N) is 3. The molecule has 0 aromatic heterocycles. The fraction of sp³-hybridized carbons (Fsp3) is 0.583. The summed E-state index contributed by atoms with van der Waals surface area (Å²) in [5.74, 6) is -3.79. The van der Waals surface area contributed by atoms with E-state index in [2.05, 4.69) is 16.0 Å². The van der Waals surface area contributed by atoms with Crippen molar-refractivity contribution in [2.24, 2.45) is 17.6 Å². The second kappa shape index (κ2) is 13.7. The Morgan fingerprint density at radius 3 is 1.88 bits per heavy atom. The molecule has 0 fully saturated rings. The molecule has 10 heteroatoms. The van der Waals surface area contributed by atoms with Crippen LogP contribution < -0.4 is 21.7 Å². The minimum Gasteiger partial charge on any atom is -0.480 e. The van der Waals surface area contributed by atoms with Gasteiger partial charge in [-0.25, -0.2) is 4.79 Å². The summed E-state index contributed by atoms with van der Waals surface area (Å²) in [6, 6.07) is 4.35. The van der Waals surface area contributed by atoms with Crippen molar-refractivity contribution in [3.8, 4) is 0 Å². The molecule has 1 aromatic rings. The van der Waals surface area contributed by atoms with E-state index >= 15 is 0 Å². The fourth-order valence-corrected chi connectivity index (χ4v) is 3.26. The van der Waals surface area contributed by atoms with Gasteiger partial charge in [0.15, 0.2) is 0 Å². The Labute approximate surface area is 200 Å². The van der Waals surface area contributed by atoms with Crippen molar-refractivity contribution < 1.29 is 29.4 Å². The quantitative estimate of drug-likeness (QED) is 0.235. The van der Waals surface area contributed by atoms with E-state index in [9.17, 15) is 29.4 Å². The van der Waals surface area contributed by atoms with E-state index in [1.54, 1.807) is 51.1 Å². The highest BCUT2D eigenvalue weighted by Gasteiger charge is 2.34. The first-order valence-electron chi connectivity index (χ1n) is 11.5. The first kappa shape index (κ1) is 29.1. The molecule has 10 nitrogen and oxygen atoms in total. The lowest BCUT2D eigenvalue weighted by atomic mass is 9.98. The molecule has 7 N–H and O–H groups in total. The van der Waals surface area contributed by atoms with Crippen LogP contribution in [0.15, 0.2) is 30.3 Å². The van der Waals surface area contributed by atoms with E-state index in [1.165, 1.54) is 6.92 Å². The highest BCUT2D eigenvalue weighted by atomic mass is 16.4. The minimum absolute atomic E-state index is 0.0700. The van der Waals surface area contributed by atoms with Gasteiger partial charge < -0.3 is 31.9 Å². The van der Waals surface area contributed by atoms with Crippen LogP contribution >= 0.6 is 0 Å². The lowest BCUT2D eigenvalue weighted by Crippen LogP contribution is -2.61. The largest absolute Gasteiger partial charge is 0.480 e. The summed E-state index contributed by atoms with van der Waals surface area (Å²) in [6.07, 6.45) is -0.530. The summed E-state index contributed by atoms with van der Waals surface area (Å²) in [6.45, 7) is 8.39. The topological polar surface area (TPSA) is 171 Å². The summed E-state index contributed by atoms with van der Waals surface area (Å²) < 4.78 is 0. The molecule has 6 unspecified atom stereocenters. The molecule has 0 saturated heterocycles. The number of carboxylic acids is 1. The number of aliphatic carboxylic acids is 1. The van der Waals surface area contributed by atoms with E-state index in [0.717, 1.165) is 5.56 Å². The summed E-state index contributed by atoms with van der Waals surface area (Å²) in [7, 11) is 0. The van der Waals surface area contributed by atoms with E-state index in [4.69, 9.17) is 5.73 Å². The van der Waals surface area contributed by atoms with Gasteiger partial charge in [-0.05, 0) is 24.3 Å². The molecule has 0 radical (unpaired) electrons. The zero-order chi connectivity index (χ0) is 26.0. The molecule has 0 bridgehead atoms. The van der Waals surface area contributed by atoms with E-state index in [0.29, 0.717) is 6.42 Å². The first-order valence-corrected chi connectivity index (χ1v) is 11.5. The van der Waals surface area contributed by atoms with Gasteiger partial charge in [-0.3, -0.25) is 14.4 Å². The SMILES string of the molecule is CCC(C)C(N)C(=O)NC(C(=O)NC(C(=O)NC(Cc1ccccc1)C(=O)O)C(C)C)C(C)O. The molecular formula is C24H38N4O6. The molecule has 3 amide bonds. The van der Waals surface area contributed by atoms with Crippen LogP contribution in [0.1, 0.15) is 46.6 Å². The van der Waals surface area contributed by atoms with Gasteiger partial charge in [0.1, 0.15) is 18.1 Å². The zero-order valence-corrected chi connectivity index (χ0v) is 20.4. The molecule has 1 aromatic carbocycles. The molecule has 6 atom stereocenters. The monoisotopic (exact) mass is 478 g/mol. The van der Waals surface area contributed by atoms with Gasteiger partial charge in [-0.2, -0.15) is 0 Å². The zero-order valence-electron chi connectivity index (χ0n) is 20.4. The number of carbonyl (C=O) groups excluding carboxylic acids is 3. The normalized spacial score (nSPS) is 16.5. The number of carboxylic acid groups (broad SMARTS) is 1. The molecule has 0 aliphatic carbocycles. The molecule has 0 spiro atoms. The van der Waals surface area contributed by atoms with Crippen LogP contribution in [0.4, 0.5) is 0 Å². The van der Waals surface area contributed by atoms with Gasteiger partial charge in [0.2, 0.25) is 17.7 Å². The van der Waals surface area contributed by atoms with Crippen LogP contribution in [-0.2, 0) is 25.6 Å². The van der Waals surface area contributed by atoms with Gasteiger partial charge >= 0.3 is 5.97 Å². The van der Waals surface area contributed by atoms with E-state index in [1.807, 2.05) is 6.92 Å². The maximum absolute atomic E-state index is 12.9. The van der Waals surface area contributed by atoms with Gasteiger partial charge in [-0.15, -0.1) is 0 Å². The van der Waals surface area contributed by atoms with Crippen LogP contribution in [0.3, 0.4) is 0 Å². The third-order valence-electron chi connectivity index (χ3n) is 5.77. The summed E-state index contributed by atoms with van der Waals surface area (Å²) in [5, 5.41) is 27.1. The van der Waals surface area contributed by atoms with Crippen molar-refractivity contribution >= 4 is 23.7 Å². The molecule has 190 valence electrons. The molecule has 1 rings (SSSR count). The van der Waals surface area contributed by atoms with Crippen molar-refractivity contribution in [2.75, 3.05) is 0 Å².